The van der Waals surface area contributed by atoms with Crippen LogP contribution in [0.25, 0.3) is 11.1 Å². The first-order chi connectivity index (χ1) is 14.4. The molecule has 0 saturated carbocycles. The van der Waals surface area contributed by atoms with Gasteiger partial charge in [0.1, 0.15) is 0 Å². The number of aryl methyl sites for hydroxylation is 5. The van der Waals surface area contributed by atoms with Crippen LogP contribution >= 0.6 is 0 Å². The largest absolute Gasteiger partial charge is 0.0713 e. The number of hydrogen-bond acceptors (Lipinski definition) is 0. The second-order valence-electron chi connectivity index (χ2n) is 9.01. The van der Waals surface area contributed by atoms with Crippen LogP contribution in [0.4, 0.5) is 0 Å². The molecule has 0 amide bonds. The van der Waals surface area contributed by atoms with Crippen LogP contribution in [0.5, 0.6) is 0 Å². The van der Waals surface area contributed by atoms with E-state index < -0.39 is 0 Å². The van der Waals surface area contributed by atoms with E-state index in [1.165, 1.54) is 61.2 Å². The Morgan fingerprint density at radius 2 is 0.900 bits per heavy atom. The summed E-state index contributed by atoms with van der Waals surface area (Å²) in [5.74, 6) is 0. The lowest BCUT2D eigenvalue weighted by atomic mass is 9.67. The third kappa shape index (κ3) is 2.60. The van der Waals surface area contributed by atoms with E-state index in [1.807, 2.05) is 0 Å². The Morgan fingerprint density at radius 3 is 1.47 bits per heavy atom. The van der Waals surface area contributed by atoms with Crippen molar-refractivity contribution in [3.8, 4) is 11.1 Å². The van der Waals surface area contributed by atoms with Crippen molar-refractivity contribution in [2.45, 2.75) is 40.0 Å². The third-order valence-electron chi connectivity index (χ3n) is 6.88. The molecule has 30 heavy (non-hydrogen) atoms. The van der Waals surface area contributed by atoms with E-state index in [-0.39, 0.29) is 5.41 Å². The van der Waals surface area contributed by atoms with E-state index in [2.05, 4.69) is 113 Å². The summed E-state index contributed by atoms with van der Waals surface area (Å²) in [6.07, 6.45) is 0. The highest BCUT2D eigenvalue weighted by Gasteiger charge is 2.46. The molecule has 0 fully saturated rings. The molecule has 4 aromatic rings. The van der Waals surface area contributed by atoms with Gasteiger partial charge in [0.2, 0.25) is 0 Å². The van der Waals surface area contributed by atoms with Gasteiger partial charge in [0.05, 0.1) is 5.41 Å². The predicted octanol–water partition coefficient (Wildman–Crippen LogP) is 7.59. The zero-order valence-electron chi connectivity index (χ0n) is 18.5. The van der Waals surface area contributed by atoms with Crippen molar-refractivity contribution in [1.82, 2.24) is 0 Å². The Hall–Kier alpha value is -3.12. The molecule has 1 aliphatic carbocycles. The van der Waals surface area contributed by atoms with Crippen molar-refractivity contribution in [2.75, 3.05) is 0 Å². The van der Waals surface area contributed by atoms with E-state index in [1.54, 1.807) is 0 Å². The first-order valence-electron chi connectivity index (χ1n) is 10.8. The minimum atomic E-state index is -0.295. The molecule has 0 saturated heterocycles. The second kappa shape index (κ2) is 6.71. The Labute approximate surface area is 180 Å². The van der Waals surface area contributed by atoms with Gasteiger partial charge in [-0.05, 0) is 79.1 Å². The molecule has 0 unspecified atom stereocenters. The summed E-state index contributed by atoms with van der Waals surface area (Å²) in [7, 11) is 0. The molecular weight excluding hydrogens is 360 g/mol. The molecule has 0 heterocycles. The van der Waals surface area contributed by atoms with Crippen LogP contribution in [0, 0.1) is 34.6 Å². The molecule has 0 nitrogen and oxygen atoms in total. The fourth-order valence-electron chi connectivity index (χ4n) is 5.09. The lowest BCUT2D eigenvalue weighted by Crippen LogP contribution is -2.28. The van der Waals surface area contributed by atoms with Crippen LogP contribution in [0.15, 0.2) is 78.9 Å². The van der Waals surface area contributed by atoms with Crippen LogP contribution in [0.1, 0.15) is 50.1 Å². The first kappa shape index (κ1) is 18.9. The summed E-state index contributed by atoms with van der Waals surface area (Å²) in [6.45, 7) is 11.0. The Bertz CT molecular complexity index is 1210. The van der Waals surface area contributed by atoms with Crippen molar-refractivity contribution in [3.63, 3.8) is 0 Å². The zero-order chi connectivity index (χ0) is 21.0. The van der Waals surface area contributed by atoms with Crippen LogP contribution in [0.3, 0.4) is 0 Å². The van der Waals surface area contributed by atoms with E-state index >= 15 is 0 Å². The molecule has 0 heteroatoms. The summed E-state index contributed by atoms with van der Waals surface area (Å²) in [6, 6.07) is 30.1. The van der Waals surface area contributed by atoms with Gasteiger partial charge in [-0.2, -0.15) is 0 Å². The first-order valence-corrected chi connectivity index (χ1v) is 10.8. The molecule has 1 aliphatic rings. The molecule has 0 N–H and O–H groups in total. The summed E-state index contributed by atoms with van der Waals surface area (Å²) < 4.78 is 0. The molecule has 0 atom stereocenters. The minimum absolute atomic E-state index is 0.295. The Kier molecular flexibility index (Phi) is 4.22. The summed E-state index contributed by atoms with van der Waals surface area (Å²) in [4.78, 5) is 0. The van der Waals surface area contributed by atoms with Crippen LogP contribution < -0.4 is 0 Å². The minimum Gasteiger partial charge on any atom is -0.0590 e. The van der Waals surface area contributed by atoms with Gasteiger partial charge in [-0.15, -0.1) is 0 Å². The highest BCUT2D eigenvalue weighted by atomic mass is 14.5. The average molecular weight is 389 g/mol. The average Bonchev–Trinajstić information content (AvgIpc) is 2.99. The van der Waals surface area contributed by atoms with Crippen molar-refractivity contribution in [3.05, 3.63) is 129 Å². The maximum Gasteiger partial charge on any atom is 0.0713 e. The number of rotatable bonds is 2. The molecule has 4 aromatic carbocycles. The molecule has 0 aliphatic heterocycles. The third-order valence-corrected chi connectivity index (χ3v) is 6.88. The normalized spacial score (nSPS) is 13.8. The van der Waals surface area contributed by atoms with Gasteiger partial charge < -0.3 is 0 Å². The van der Waals surface area contributed by atoms with E-state index in [4.69, 9.17) is 0 Å². The van der Waals surface area contributed by atoms with Crippen molar-refractivity contribution in [2.24, 2.45) is 0 Å². The van der Waals surface area contributed by atoms with Gasteiger partial charge in [-0.3, -0.25) is 0 Å². The van der Waals surface area contributed by atoms with Crippen LogP contribution in [-0.2, 0) is 5.41 Å². The second-order valence-corrected chi connectivity index (χ2v) is 9.01. The number of benzene rings is 4. The van der Waals surface area contributed by atoms with Gasteiger partial charge in [0.15, 0.2) is 0 Å². The highest BCUT2D eigenvalue weighted by Crippen LogP contribution is 2.56. The topological polar surface area (TPSA) is 0 Å². The number of fused-ring (bicyclic) bond motifs is 3. The lowest BCUT2D eigenvalue weighted by Gasteiger charge is -2.34. The SMILES string of the molecule is Cc1ccc(C2(c3ccc(C)cc3)c3cc(C)ccc3-c3cc(C)c(C)cc32)cc1. The molecular formula is C30H28. The van der Waals surface area contributed by atoms with E-state index in [0.29, 0.717) is 0 Å². The predicted molar refractivity (Wildman–Crippen MR) is 127 cm³/mol. The molecule has 0 radical (unpaired) electrons. The maximum absolute atomic E-state index is 2.43. The van der Waals surface area contributed by atoms with Gasteiger partial charge in [-0.25, -0.2) is 0 Å². The van der Waals surface area contributed by atoms with E-state index in [9.17, 15) is 0 Å². The highest BCUT2D eigenvalue weighted by molar-refractivity contribution is 5.87. The number of hydrogen-bond donors (Lipinski definition) is 0. The summed E-state index contributed by atoms with van der Waals surface area (Å²) in [5, 5.41) is 0. The summed E-state index contributed by atoms with van der Waals surface area (Å²) in [5.41, 5.74) is 14.5. The monoisotopic (exact) mass is 388 g/mol. The standard InChI is InChI=1S/C30H28/c1-19-6-11-24(12-7-19)30(25-13-8-20(2)9-14-25)28-16-21(3)10-15-26(28)27-17-22(4)23(5)18-29(27)30/h6-18H,1-5H3. The van der Waals surface area contributed by atoms with Gasteiger partial charge >= 0.3 is 0 Å². The molecule has 0 spiro atoms. The maximum atomic E-state index is 2.43. The molecule has 148 valence electrons. The summed E-state index contributed by atoms with van der Waals surface area (Å²) >= 11 is 0. The van der Waals surface area contributed by atoms with Gasteiger partial charge in [0.25, 0.3) is 0 Å². The van der Waals surface area contributed by atoms with Crippen molar-refractivity contribution >= 4 is 0 Å². The zero-order valence-corrected chi connectivity index (χ0v) is 18.5. The van der Waals surface area contributed by atoms with Crippen LogP contribution in [-0.4, -0.2) is 0 Å². The Balaban J connectivity index is 1.98. The van der Waals surface area contributed by atoms with Gasteiger partial charge in [0, 0.05) is 0 Å². The molecule has 0 aromatic heterocycles. The quantitative estimate of drug-likeness (QED) is 0.292. The fraction of sp³-hybridized carbons (Fsp3) is 0.200. The van der Waals surface area contributed by atoms with E-state index in [0.717, 1.165) is 0 Å². The fourth-order valence-corrected chi connectivity index (χ4v) is 5.09. The molecule has 5 rings (SSSR count). The Morgan fingerprint density at radius 1 is 0.433 bits per heavy atom. The van der Waals surface area contributed by atoms with Gasteiger partial charge in [-0.1, -0.05) is 95.6 Å². The van der Waals surface area contributed by atoms with Crippen molar-refractivity contribution < 1.29 is 0 Å². The smallest absolute Gasteiger partial charge is 0.0590 e. The van der Waals surface area contributed by atoms with Crippen LogP contribution in [0.2, 0.25) is 0 Å². The molecule has 0 bridgehead atoms. The lowest BCUT2D eigenvalue weighted by molar-refractivity contribution is 0.765. The van der Waals surface area contributed by atoms with Crippen molar-refractivity contribution in [1.29, 1.82) is 0 Å².